The van der Waals surface area contributed by atoms with Gasteiger partial charge in [-0.1, -0.05) is 49.6 Å². The highest BCUT2D eigenvalue weighted by atomic mass is 16.5. The molecule has 0 spiro atoms. The molecule has 0 bridgehead atoms. The summed E-state index contributed by atoms with van der Waals surface area (Å²) in [7, 11) is 1.70. The maximum Gasteiger partial charge on any atom is 0.255 e. The van der Waals surface area contributed by atoms with Crippen LogP contribution in [-0.4, -0.2) is 51.1 Å². The summed E-state index contributed by atoms with van der Waals surface area (Å²) in [5.74, 6) is 0.601. The van der Waals surface area contributed by atoms with E-state index in [-0.39, 0.29) is 17.9 Å². The van der Waals surface area contributed by atoms with Gasteiger partial charge in [-0.15, -0.1) is 0 Å². The monoisotopic (exact) mass is 512 g/mol. The second-order valence-electron chi connectivity index (χ2n) is 10.0. The van der Waals surface area contributed by atoms with Crippen molar-refractivity contribution in [1.29, 1.82) is 0 Å². The summed E-state index contributed by atoms with van der Waals surface area (Å²) in [6, 6.07) is 23.1. The number of hydrogen-bond donors (Lipinski definition) is 2. The van der Waals surface area contributed by atoms with Crippen LogP contribution in [0.15, 0.2) is 72.8 Å². The van der Waals surface area contributed by atoms with Gasteiger partial charge < -0.3 is 25.2 Å². The molecule has 2 amide bonds. The molecule has 2 aliphatic rings. The number of hydrogen-bond acceptors (Lipinski definition) is 5. The number of nitrogens with zero attached hydrogens (tertiary/aromatic N) is 2. The van der Waals surface area contributed by atoms with Crippen LogP contribution < -0.4 is 25.2 Å². The summed E-state index contributed by atoms with van der Waals surface area (Å²) >= 11 is 0. The zero-order valence-corrected chi connectivity index (χ0v) is 22.0. The Balaban J connectivity index is 1.36. The average Bonchev–Trinajstić information content (AvgIpc) is 2.98. The molecule has 0 atom stereocenters. The fourth-order valence-electron chi connectivity index (χ4n) is 5.45. The van der Waals surface area contributed by atoms with Gasteiger partial charge in [0, 0.05) is 49.2 Å². The number of carbonyl (C=O) groups excluding carboxylic acids is 2. The number of benzene rings is 3. The van der Waals surface area contributed by atoms with Crippen molar-refractivity contribution in [2.75, 3.05) is 48.4 Å². The lowest BCUT2D eigenvalue weighted by molar-refractivity contribution is 0.0927. The van der Waals surface area contributed by atoms with Crippen LogP contribution in [-0.2, 0) is 0 Å². The van der Waals surface area contributed by atoms with E-state index in [0.29, 0.717) is 16.8 Å². The molecule has 0 aromatic heterocycles. The van der Waals surface area contributed by atoms with Crippen molar-refractivity contribution in [3.63, 3.8) is 0 Å². The molecule has 2 N–H and O–H groups in total. The molecule has 0 radical (unpaired) electrons. The zero-order chi connectivity index (χ0) is 26.3. The maximum absolute atomic E-state index is 13.6. The second kappa shape index (κ2) is 12.0. The van der Waals surface area contributed by atoms with Gasteiger partial charge in [-0.2, -0.15) is 0 Å². The molecule has 1 aliphatic heterocycles. The van der Waals surface area contributed by atoms with E-state index in [0.717, 1.165) is 69.0 Å². The quantitative estimate of drug-likeness (QED) is 0.447. The predicted octanol–water partition coefficient (Wildman–Crippen LogP) is 5.34. The summed E-state index contributed by atoms with van der Waals surface area (Å²) in [6.07, 6.45) is 5.56. The molecule has 198 valence electrons. The van der Waals surface area contributed by atoms with E-state index in [9.17, 15) is 9.59 Å². The molecule has 38 heavy (non-hydrogen) atoms. The van der Waals surface area contributed by atoms with Gasteiger partial charge in [0.1, 0.15) is 5.75 Å². The number of nitrogens with one attached hydrogen (secondary N) is 2. The molecule has 1 saturated heterocycles. The van der Waals surface area contributed by atoms with Gasteiger partial charge in [-0.05, 0) is 55.3 Å². The van der Waals surface area contributed by atoms with Crippen molar-refractivity contribution in [3.05, 3.63) is 83.9 Å². The minimum atomic E-state index is -0.192. The number of piperazine rings is 1. The second-order valence-corrected chi connectivity index (χ2v) is 10.0. The molecule has 7 nitrogen and oxygen atoms in total. The fourth-order valence-corrected chi connectivity index (χ4v) is 5.45. The Morgan fingerprint density at radius 1 is 0.763 bits per heavy atom. The molecule has 0 unspecified atom stereocenters. The summed E-state index contributed by atoms with van der Waals surface area (Å²) in [5, 5.41) is 6.24. The SMILES string of the molecule is COc1ccccc1N1CCN(c2ccc(NC(=O)c3ccccc3)cc2C(=O)NC2CCCCC2)CC1. The van der Waals surface area contributed by atoms with E-state index in [4.69, 9.17) is 4.74 Å². The Hall–Kier alpha value is -4.00. The topological polar surface area (TPSA) is 73.9 Å². The van der Waals surface area contributed by atoms with Crippen LogP contribution in [0, 0.1) is 0 Å². The Bertz CT molecular complexity index is 1250. The minimum absolute atomic E-state index is 0.0742. The first kappa shape index (κ1) is 25.6. The lowest BCUT2D eigenvalue weighted by atomic mass is 9.95. The summed E-state index contributed by atoms with van der Waals surface area (Å²) in [6.45, 7) is 3.18. The lowest BCUT2D eigenvalue weighted by Gasteiger charge is -2.38. The molecule has 3 aromatic carbocycles. The summed E-state index contributed by atoms with van der Waals surface area (Å²) < 4.78 is 5.57. The molecule has 1 heterocycles. The molecular formula is C31H36N4O3. The highest BCUT2D eigenvalue weighted by Crippen LogP contribution is 2.31. The number of ether oxygens (including phenoxy) is 1. The van der Waals surface area contributed by atoms with E-state index in [1.807, 2.05) is 54.6 Å². The zero-order valence-electron chi connectivity index (χ0n) is 22.0. The van der Waals surface area contributed by atoms with Gasteiger partial charge >= 0.3 is 0 Å². The Labute approximate surface area is 224 Å². The van der Waals surface area contributed by atoms with E-state index >= 15 is 0 Å². The van der Waals surface area contributed by atoms with Crippen molar-refractivity contribution < 1.29 is 14.3 Å². The van der Waals surface area contributed by atoms with Crippen LogP contribution in [0.3, 0.4) is 0 Å². The smallest absolute Gasteiger partial charge is 0.255 e. The molecule has 7 heteroatoms. The van der Waals surface area contributed by atoms with Gasteiger partial charge in [0.15, 0.2) is 0 Å². The third kappa shape index (κ3) is 5.93. The Morgan fingerprint density at radius 2 is 1.42 bits per heavy atom. The predicted molar refractivity (Wildman–Crippen MR) is 153 cm³/mol. The average molecular weight is 513 g/mol. The Kier molecular flexibility index (Phi) is 8.12. The third-order valence-corrected chi connectivity index (χ3v) is 7.52. The summed E-state index contributed by atoms with van der Waals surface area (Å²) in [4.78, 5) is 31.0. The molecule has 5 rings (SSSR count). The van der Waals surface area contributed by atoms with E-state index < -0.39 is 0 Å². The number of methoxy groups -OCH3 is 1. The van der Waals surface area contributed by atoms with Gasteiger partial charge in [-0.3, -0.25) is 9.59 Å². The highest BCUT2D eigenvalue weighted by molar-refractivity contribution is 6.06. The van der Waals surface area contributed by atoms with Crippen molar-refractivity contribution in [3.8, 4) is 5.75 Å². The van der Waals surface area contributed by atoms with Gasteiger partial charge in [0.2, 0.25) is 0 Å². The number of para-hydroxylation sites is 2. The number of rotatable bonds is 7. The largest absolute Gasteiger partial charge is 0.495 e. The van der Waals surface area contributed by atoms with Gasteiger partial charge in [0.05, 0.1) is 18.4 Å². The van der Waals surface area contributed by atoms with Crippen LogP contribution in [0.5, 0.6) is 5.75 Å². The normalized spacial score (nSPS) is 16.1. The first-order chi connectivity index (χ1) is 18.6. The molecular weight excluding hydrogens is 476 g/mol. The standard InChI is InChI=1S/C31H36N4O3/c1-38-29-15-9-8-14-28(29)35-20-18-34(19-21-35)27-17-16-25(33-30(36)23-10-4-2-5-11-23)22-26(27)31(37)32-24-12-6-3-7-13-24/h2,4-5,8-11,14-17,22,24H,3,6-7,12-13,18-21H2,1H3,(H,32,37)(H,33,36). The highest BCUT2D eigenvalue weighted by Gasteiger charge is 2.25. The van der Waals surface area contributed by atoms with Crippen molar-refractivity contribution in [1.82, 2.24) is 5.32 Å². The van der Waals surface area contributed by atoms with E-state index in [2.05, 4.69) is 26.5 Å². The lowest BCUT2D eigenvalue weighted by Crippen LogP contribution is -2.47. The van der Waals surface area contributed by atoms with Crippen molar-refractivity contribution in [2.45, 2.75) is 38.1 Å². The first-order valence-electron chi connectivity index (χ1n) is 13.6. The molecule has 3 aromatic rings. The van der Waals surface area contributed by atoms with Crippen molar-refractivity contribution >= 4 is 28.9 Å². The van der Waals surface area contributed by atoms with Gasteiger partial charge in [-0.25, -0.2) is 0 Å². The van der Waals surface area contributed by atoms with Crippen LogP contribution in [0.1, 0.15) is 52.8 Å². The van der Waals surface area contributed by atoms with Crippen LogP contribution >= 0.6 is 0 Å². The number of amides is 2. The number of carbonyl (C=O) groups is 2. The molecule has 2 fully saturated rings. The third-order valence-electron chi connectivity index (χ3n) is 7.52. The number of anilines is 3. The van der Waals surface area contributed by atoms with Crippen LogP contribution in [0.25, 0.3) is 0 Å². The van der Waals surface area contributed by atoms with E-state index in [1.54, 1.807) is 19.2 Å². The summed E-state index contributed by atoms with van der Waals surface area (Å²) in [5.41, 5.74) is 3.79. The van der Waals surface area contributed by atoms with Crippen molar-refractivity contribution in [2.24, 2.45) is 0 Å². The molecule has 1 saturated carbocycles. The van der Waals surface area contributed by atoms with Crippen LogP contribution in [0.2, 0.25) is 0 Å². The van der Waals surface area contributed by atoms with E-state index in [1.165, 1.54) is 6.42 Å². The minimum Gasteiger partial charge on any atom is -0.495 e. The molecule has 1 aliphatic carbocycles. The fraction of sp³-hybridized carbons (Fsp3) is 0.355. The maximum atomic E-state index is 13.6. The Morgan fingerprint density at radius 3 is 2.13 bits per heavy atom. The first-order valence-corrected chi connectivity index (χ1v) is 13.6. The van der Waals surface area contributed by atoms with Gasteiger partial charge in [0.25, 0.3) is 11.8 Å². The van der Waals surface area contributed by atoms with Crippen LogP contribution in [0.4, 0.5) is 17.1 Å².